The number of alkyl halides is 2. The molecule has 0 N–H and O–H groups in total. The van der Waals surface area contributed by atoms with Crippen molar-refractivity contribution in [1.82, 2.24) is 29.5 Å². The Bertz CT molecular complexity index is 1270. The second-order valence-electron chi connectivity index (χ2n) is 8.02. The molecule has 0 saturated carbocycles. The number of rotatable bonds is 6. The molecule has 5 rings (SSSR count). The van der Waals surface area contributed by atoms with Gasteiger partial charge in [-0.2, -0.15) is 10.1 Å². The summed E-state index contributed by atoms with van der Waals surface area (Å²) in [7, 11) is 0. The highest BCUT2D eigenvalue weighted by molar-refractivity contribution is 7.16. The maximum atomic E-state index is 13.5. The van der Waals surface area contributed by atoms with Crippen LogP contribution < -0.4 is 0 Å². The van der Waals surface area contributed by atoms with E-state index in [1.807, 2.05) is 23.1 Å². The largest absolute Gasteiger partial charge is 0.335 e. The molecule has 166 valence electrons. The number of hydrogen-bond donors (Lipinski definition) is 0. The van der Waals surface area contributed by atoms with E-state index in [-0.39, 0.29) is 29.3 Å². The predicted octanol–water partition coefficient (Wildman–Crippen LogP) is 4.86. The number of halogens is 2. The average molecular weight is 457 g/mol. The molecule has 0 spiro atoms. The van der Waals surface area contributed by atoms with Crippen LogP contribution in [0.2, 0.25) is 0 Å². The lowest BCUT2D eigenvalue weighted by molar-refractivity contribution is 0.0710. The standard InChI is InChI=1S/C22H22F2N6OS/c1-2-4-14(18-10-16(20(23)24)28-22-25-11-27-30(18)22)17-5-3-8-29(17)21(31)13-6-7-15-19(9-13)32-12-26-15/h6-7,9-12,14,17,20H,2-5,8H2,1H3. The number of thiazole rings is 1. The summed E-state index contributed by atoms with van der Waals surface area (Å²) in [5.41, 5.74) is 3.58. The van der Waals surface area contributed by atoms with E-state index < -0.39 is 6.43 Å². The summed E-state index contributed by atoms with van der Waals surface area (Å²) in [6.07, 6.45) is 1.88. The van der Waals surface area contributed by atoms with Crippen LogP contribution in [0.1, 0.15) is 66.7 Å². The van der Waals surface area contributed by atoms with E-state index in [1.54, 1.807) is 5.51 Å². The Morgan fingerprint density at radius 3 is 2.97 bits per heavy atom. The number of fused-ring (bicyclic) bond motifs is 2. The number of benzene rings is 1. The van der Waals surface area contributed by atoms with Gasteiger partial charge in [-0.25, -0.2) is 23.3 Å². The maximum Gasteiger partial charge on any atom is 0.280 e. The molecule has 2 atom stereocenters. The second-order valence-corrected chi connectivity index (χ2v) is 8.90. The molecule has 4 aromatic rings. The number of amides is 1. The van der Waals surface area contributed by atoms with Crippen LogP contribution in [0.15, 0.2) is 36.1 Å². The number of likely N-dealkylation sites (tertiary alicyclic amines) is 1. The van der Waals surface area contributed by atoms with Crippen LogP contribution in [0.3, 0.4) is 0 Å². The third kappa shape index (κ3) is 3.62. The SMILES string of the molecule is CCCC(c1cc(C(F)F)nc2ncnn12)C1CCCN1C(=O)c1ccc2ncsc2c1. The molecule has 1 aliphatic heterocycles. The van der Waals surface area contributed by atoms with Crippen molar-refractivity contribution < 1.29 is 13.6 Å². The van der Waals surface area contributed by atoms with Gasteiger partial charge >= 0.3 is 0 Å². The smallest absolute Gasteiger partial charge is 0.280 e. The molecule has 1 amide bonds. The highest BCUT2D eigenvalue weighted by Gasteiger charge is 2.37. The Hall–Kier alpha value is -3.01. The maximum absolute atomic E-state index is 13.5. The first kappa shape index (κ1) is 20.9. The van der Waals surface area contributed by atoms with E-state index in [1.165, 1.54) is 28.2 Å². The minimum atomic E-state index is -2.70. The van der Waals surface area contributed by atoms with Gasteiger partial charge in [-0.1, -0.05) is 13.3 Å². The van der Waals surface area contributed by atoms with Gasteiger partial charge in [0.1, 0.15) is 12.0 Å². The summed E-state index contributed by atoms with van der Waals surface area (Å²) < 4.78 is 29.6. The summed E-state index contributed by atoms with van der Waals surface area (Å²) in [5.74, 6) is -0.0319. The highest BCUT2D eigenvalue weighted by atomic mass is 32.1. The lowest BCUT2D eigenvalue weighted by Crippen LogP contribution is -2.40. The first-order valence-electron chi connectivity index (χ1n) is 10.7. The Labute approximate surface area is 187 Å². The molecule has 3 aromatic heterocycles. The first-order chi connectivity index (χ1) is 15.6. The molecule has 0 aliphatic carbocycles. The summed E-state index contributed by atoms with van der Waals surface area (Å²) in [5, 5.41) is 4.24. The van der Waals surface area contributed by atoms with Crippen molar-refractivity contribution in [1.29, 1.82) is 0 Å². The van der Waals surface area contributed by atoms with Gasteiger partial charge in [0.2, 0.25) is 0 Å². The van der Waals surface area contributed by atoms with Crippen molar-refractivity contribution in [2.45, 2.75) is 51.0 Å². The number of carbonyl (C=O) groups is 1. The molecule has 1 aliphatic rings. The molecule has 2 unspecified atom stereocenters. The Kier molecular flexibility index (Phi) is 5.54. The number of aromatic nitrogens is 5. The van der Waals surface area contributed by atoms with E-state index in [4.69, 9.17) is 0 Å². The normalized spacial score (nSPS) is 17.6. The van der Waals surface area contributed by atoms with Crippen LogP contribution in [0.4, 0.5) is 8.78 Å². The number of hydrogen-bond acceptors (Lipinski definition) is 6. The van der Waals surface area contributed by atoms with Crippen LogP contribution in [0, 0.1) is 0 Å². The van der Waals surface area contributed by atoms with Crippen molar-refractivity contribution in [3.8, 4) is 0 Å². The van der Waals surface area contributed by atoms with Crippen molar-refractivity contribution in [2.24, 2.45) is 0 Å². The van der Waals surface area contributed by atoms with Gasteiger partial charge in [0.15, 0.2) is 0 Å². The molecule has 1 fully saturated rings. The Morgan fingerprint density at radius 1 is 1.28 bits per heavy atom. The molecule has 32 heavy (non-hydrogen) atoms. The lowest BCUT2D eigenvalue weighted by Gasteiger charge is -2.32. The molecule has 0 bridgehead atoms. The Morgan fingerprint density at radius 2 is 2.16 bits per heavy atom. The monoisotopic (exact) mass is 456 g/mol. The van der Waals surface area contributed by atoms with Crippen LogP contribution in [0.5, 0.6) is 0 Å². The van der Waals surface area contributed by atoms with Gasteiger partial charge in [0.25, 0.3) is 18.1 Å². The van der Waals surface area contributed by atoms with Crippen LogP contribution in [0.25, 0.3) is 16.0 Å². The first-order valence-corrected chi connectivity index (χ1v) is 11.6. The molecule has 1 aromatic carbocycles. The molecule has 7 nitrogen and oxygen atoms in total. The van der Waals surface area contributed by atoms with Gasteiger partial charge in [0, 0.05) is 24.1 Å². The van der Waals surface area contributed by atoms with Crippen LogP contribution in [-0.4, -0.2) is 48.0 Å². The highest BCUT2D eigenvalue weighted by Crippen LogP contribution is 2.36. The third-order valence-electron chi connectivity index (χ3n) is 6.11. The van der Waals surface area contributed by atoms with Gasteiger partial charge in [-0.05, 0) is 43.5 Å². The number of carbonyl (C=O) groups excluding carboxylic acids is 1. The molecule has 10 heteroatoms. The van der Waals surface area contributed by atoms with Crippen LogP contribution in [-0.2, 0) is 0 Å². The van der Waals surface area contributed by atoms with Gasteiger partial charge < -0.3 is 4.90 Å². The zero-order chi connectivity index (χ0) is 22.2. The zero-order valence-corrected chi connectivity index (χ0v) is 18.3. The number of nitrogens with zero attached hydrogens (tertiary/aromatic N) is 6. The van der Waals surface area contributed by atoms with Crippen molar-refractivity contribution in [2.75, 3.05) is 6.54 Å². The minimum Gasteiger partial charge on any atom is -0.335 e. The summed E-state index contributed by atoms with van der Waals surface area (Å²) in [6, 6.07) is 6.88. The summed E-state index contributed by atoms with van der Waals surface area (Å²) in [6.45, 7) is 2.69. The third-order valence-corrected chi connectivity index (χ3v) is 6.90. The summed E-state index contributed by atoms with van der Waals surface area (Å²) >= 11 is 1.50. The van der Waals surface area contributed by atoms with Gasteiger partial charge in [-0.3, -0.25) is 4.79 Å². The van der Waals surface area contributed by atoms with E-state index in [2.05, 4.69) is 27.0 Å². The second kappa shape index (κ2) is 8.50. The van der Waals surface area contributed by atoms with Crippen LogP contribution >= 0.6 is 11.3 Å². The minimum absolute atomic E-state index is 0.0399. The van der Waals surface area contributed by atoms with Crippen molar-refractivity contribution in [3.63, 3.8) is 0 Å². The molecular formula is C22H22F2N6OS. The molecular weight excluding hydrogens is 434 g/mol. The van der Waals surface area contributed by atoms with E-state index >= 15 is 0 Å². The molecule has 0 radical (unpaired) electrons. The van der Waals surface area contributed by atoms with Gasteiger partial charge in [0.05, 0.1) is 21.4 Å². The van der Waals surface area contributed by atoms with Crippen molar-refractivity contribution >= 4 is 33.2 Å². The zero-order valence-electron chi connectivity index (χ0n) is 17.5. The van der Waals surface area contributed by atoms with E-state index in [9.17, 15) is 13.6 Å². The predicted molar refractivity (Wildman–Crippen MR) is 117 cm³/mol. The average Bonchev–Trinajstić information content (AvgIpc) is 3.55. The van der Waals surface area contributed by atoms with Gasteiger partial charge in [-0.15, -0.1) is 11.3 Å². The fraction of sp³-hybridized carbons (Fsp3) is 0.409. The topological polar surface area (TPSA) is 76.3 Å². The Balaban J connectivity index is 1.53. The van der Waals surface area contributed by atoms with E-state index in [0.29, 0.717) is 17.8 Å². The lowest BCUT2D eigenvalue weighted by atomic mass is 9.89. The fourth-order valence-electron chi connectivity index (χ4n) is 4.70. The fourth-order valence-corrected chi connectivity index (χ4v) is 5.41. The van der Waals surface area contributed by atoms with E-state index in [0.717, 1.165) is 35.9 Å². The summed E-state index contributed by atoms with van der Waals surface area (Å²) in [4.78, 5) is 27.7. The molecule has 4 heterocycles. The quantitative estimate of drug-likeness (QED) is 0.414. The van der Waals surface area contributed by atoms with Crippen molar-refractivity contribution in [3.05, 3.63) is 53.1 Å². The molecule has 1 saturated heterocycles.